The van der Waals surface area contributed by atoms with Crippen molar-refractivity contribution in [1.82, 2.24) is 9.78 Å². The van der Waals surface area contributed by atoms with Crippen LogP contribution < -0.4 is 5.73 Å². The van der Waals surface area contributed by atoms with Crippen LogP contribution in [-0.4, -0.2) is 35.3 Å². The van der Waals surface area contributed by atoms with Crippen molar-refractivity contribution in [3.8, 4) is 0 Å². The lowest BCUT2D eigenvalue weighted by Gasteiger charge is -2.34. The predicted molar refractivity (Wildman–Crippen MR) is 80.0 cm³/mol. The molecule has 2 N–H and O–H groups in total. The maximum Gasteiger partial charge on any atom is 0.146 e. The summed E-state index contributed by atoms with van der Waals surface area (Å²) in [5.74, 6) is 0.227. The topological polar surface area (TPSA) is 70.1 Å². The first-order valence-corrected chi connectivity index (χ1v) is 8.09. The van der Waals surface area contributed by atoms with Crippen LogP contribution in [0.15, 0.2) is 12.3 Å². The second-order valence-corrected chi connectivity index (χ2v) is 6.42. The molecule has 2 fully saturated rings. The summed E-state index contributed by atoms with van der Waals surface area (Å²) in [7, 11) is 0. The Balaban J connectivity index is 1.66. The Morgan fingerprint density at radius 1 is 1.38 bits per heavy atom. The standard InChI is InChI=1S/C16H25N3O2/c17-12-16(6-9-21-10-7-16)15(20)11-13-5-8-19(18-13)14-3-1-2-4-14/h5,8,14H,1-4,6-7,9-12,17H2. The smallest absolute Gasteiger partial charge is 0.146 e. The number of hydrogen-bond donors (Lipinski definition) is 1. The molecule has 0 atom stereocenters. The van der Waals surface area contributed by atoms with Crippen molar-refractivity contribution in [2.24, 2.45) is 11.1 Å². The summed E-state index contributed by atoms with van der Waals surface area (Å²) in [5.41, 5.74) is 6.38. The monoisotopic (exact) mass is 291 g/mol. The number of carbonyl (C=O) groups is 1. The van der Waals surface area contributed by atoms with E-state index in [0.717, 1.165) is 18.5 Å². The first kappa shape index (κ1) is 14.7. The molecule has 0 radical (unpaired) electrons. The molecule has 0 spiro atoms. The van der Waals surface area contributed by atoms with E-state index in [4.69, 9.17) is 10.5 Å². The van der Waals surface area contributed by atoms with Gasteiger partial charge in [-0.15, -0.1) is 0 Å². The summed E-state index contributed by atoms with van der Waals surface area (Å²) < 4.78 is 7.42. The number of ether oxygens (including phenoxy) is 1. The highest BCUT2D eigenvalue weighted by molar-refractivity contribution is 5.86. The Labute approximate surface area is 125 Å². The van der Waals surface area contributed by atoms with Crippen LogP contribution in [0.5, 0.6) is 0 Å². The van der Waals surface area contributed by atoms with Gasteiger partial charge in [-0.25, -0.2) is 0 Å². The van der Waals surface area contributed by atoms with Crippen molar-refractivity contribution in [3.63, 3.8) is 0 Å². The number of hydrogen-bond acceptors (Lipinski definition) is 4. The highest BCUT2D eigenvalue weighted by Crippen LogP contribution is 2.32. The number of Topliss-reactive ketones (excluding diaryl/α,β-unsaturated/α-hetero) is 1. The van der Waals surface area contributed by atoms with Gasteiger partial charge in [-0.05, 0) is 31.7 Å². The Morgan fingerprint density at radius 3 is 2.76 bits per heavy atom. The molecular weight excluding hydrogens is 266 g/mol. The summed E-state index contributed by atoms with van der Waals surface area (Å²) in [6.07, 6.45) is 8.90. The van der Waals surface area contributed by atoms with Crippen molar-refractivity contribution in [2.45, 2.75) is 51.0 Å². The van der Waals surface area contributed by atoms with E-state index >= 15 is 0 Å². The largest absolute Gasteiger partial charge is 0.381 e. The molecule has 21 heavy (non-hydrogen) atoms. The molecule has 0 amide bonds. The minimum atomic E-state index is -0.393. The molecule has 1 saturated carbocycles. The summed E-state index contributed by atoms with van der Waals surface area (Å²) in [5, 5.41) is 4.62. The van der Waals surface area contributed by atoms with E-state index in [-0.39, 0.29) is 5.78 Å². The summed E-state index contributed by atoms with van der Waals surface area (Å²) in [4.78, 5) is 12.7. The third-order valence-corrected chi connectivity index (χ3v) is 5.14. The van der Waals surface area contributed by atoms with Gasteiger partial charge in [0.2, 0.25) is 0 Å². The molecule has 2 heterocycles. The Bertz CT molecular complexity index is 485. The van der Waals surface area contributed by atoms with Gasteiger partial charge in [-0.3, -0.25) is 9.48 Å². The lowest BCUT2D eigenvalue weighted by atomic mass is 9.75. The zero-order valence-electron chi connectivity index (χ0n) is 12.6. The fraction of sp³-hybridized carbons (Fsp3) is 0.750. The number of nitrogens with two attached hydrogens (primary N) is 1. The van der Waals surface area contributed by atoms with Crippen molar-refractivity contribution in [1.29, 1.82) is 0 Å². The van der Waals surface area contributed by atoms with Crippen LogP contribution in [-0.2, 0) is 16.0 Å². The van der Waals surface area contributed by atoms with Gasteiger partial charge in [0.1, 0.15) is 5.78 Å². The third kappa shape index (κ3) is 3.04. The molecule has 1 aliphatic heterocycles. The number of rotatable bonds is 5. The van der Waals surface area contributed by atoms with E-state index in [9.17, 15) is 4.79 Å². The quantitative estimate of drug-likeness (QED) is 0.899. The molecule has 5 nitrogen and oxygen atoms in total. The molecule has 1 aromatic rings. The molecule has 0 unspecified atom stereocenters. The summed E-state index contributed by atoms with van der Waals surface area (Å²) in [6.45, 7) is 1.69. The molecule has 116 valence electrons. The SMILES string of the molecule is NCC1(C(=O)Cc2ccn(C3CCCC3)n2)CCOCC1. The minimum Gasteiger partial charge on any atom is -0.381 e. The van der Waals surface area contributed by atoms with E-state index in [2.05, 4.69) is 9.78 Å². The van der Waals surface area contributed by atoms with E-state index in [1.807, 2.05) is 12.3 Å². The van der Waals surface area contributed by atoms with Gasteiger partial charge in [0.05, 0.1) is 18.2 Å². The van der Waals surface area contributed by atoms with Crippen LogP contribution in [0.1, 0.15) is 50.3 Å². The van der Waals surface area contributed by atoms with Crippen LogP contribution in [0.2, 0.25) is 0 Å². The number of nitrogens with zero attached hydrogens (tertiary/aromatic N) is 2. The minimum absolute atomic E-state index is 0.227. The molecule has 1 aromatic heterocycles. The maximum absolute atomic E-state index is 12.7. The Morgan fingerprint density at radius 2 is 2.10 bits per heavy atom. The molecule has 0 bridgehead atoms. The van der Waals surface area contributed by atoms with Gasteiger partial charge in [-0.1, -0.05) is 12.8 Å². The lowest BCUT2D eigenvalue weighted by Crippen LogP contribution is -2.44. The van der Waals surface area contributed by atoms with Crippen LogP contribution in [0.4, 0.5) is 0 Å². The normalized spacial score (nSPS) is 22.5. The fourth-order valence-electron chi connectivity index (χ4n) is 3.55. The van der Waals surface area contributed by atoms with Crippen molar-refractivity contribution in [2.75, 3.05) is 19.8 Å². The third-order valence-electron chi connectivity index (χ3n) is 5.14. The lowest BCUT2D eigenvalue weighted by molar-refractivity contribution is -0.132. The predicted octanol–water partition coefficient (Wildman–Crippen LogP) is 1.87. The second kappa shape index (κ2) is 6.28. The van der Waals surface area contributed by atoms with Gasteiger partial charge in [0.15, 0.2) is 0 Å². The van der Waals surface area contributed by atoms with E-state index in [1.54, 1.807) is 0 Å². The van der Waals surface area contributed by atoms with Gasteiger partial charge >= 0.3 is 0 Å². The zero-order valence-corrected chi connectivity index (χ0v) is 12.6. The number of carbonyl (C=O) groups excluding carboxylic acids is 1. The van der Waals surface area contributed by atoms with Gasteiger partial charge < -0.3 is 10.5 Å². The molecule has 5 heteroatoms. The Kier molecular flexibility index (Phi) is 4.40. The summed E-state index contributed by atoms with van der Waals surface area (Å²) in [6, 6.07) is 2.51. The highest BCUT2D eigenvalue weighted by Gasteiger charge is 2.38. The molecule has 1 aliphatic carbocycles. The first-order valence-electron chi connectivity index (χ1n) is 8.09. The van der Waals surface area contributed by atoms with Gasteiger partial charge in [-0.2, -0.15) is 5.10 Å². The van der Waals surface area contributed by atoms with Crippen molar-refractivity contribution >= 4 is 5.78 Å². The molecular formula is C16H25N3O2. The van der Waals surface area contributed by atoms with E-state index in [0.29, 0.717) is 32.2 Å². The van der Waals surface area contributed by atoms with Crippen LogP contribution in [0.3, 0.4) is 0 Å². The molecule has 2 aliphatic rings. The van der Waals surface area contributed by atoms with E-state index in [1.165, 1.54) is 25.7 Å². The van der Waals surface area contributed by atoms with Gasteiger partial charge in [0, 0.05) is 31.4 Å². The fourth-order valence-corrected chi connectivity index (χ4v) is 3.55. The number of ketones is 1. The van der Waals surface area contributed by atoms with Crippen LogP contribution in [0.25, 0.3) is 0 Å². The maximum atomic E-state index is 12.7. The average Bonchev–Trinajstić information content (AvgIpc) is 3.18. The highest BCUT2D eigenvalue weighted by atomic mass is 16.5. The van der Waals surface area contributed by atoms with Crippen LogP contribution in [0, 0.1) is 5.41 Å². The molecule has 1 saturated heterocycles. The number of aromatic nitrogens is 2. The summed E-state index contributed by atoms with van der Waals surface area (Å²) >= 11 is 0. The second-order valence-electron chi connectivity index (χ2n) is 6.42. The van der Waals surface area contributed by atoms with Crippen molar-refractivity contribution < 1.29 is 9.53 Å². The van der Waals surface area contributed by atoms with Crippen LogP contribution >= 0.6 is 0 Å². The average molecular weight is 291 g/mol. The van der Waals surface area contributed by atoms with Crippen molar-refractivity contribution in [3.05, 3.63) is 18.0 Å². The zero-order chi connectivity index (χ0) is 14.7. The molecule has 3 rings (SSSR count). The van der Waals surface area contributed by atoms with Gasteiger partial charge in [0.25, 0.3) is 0 Å². The van der Waals surface area contributed by atoms with E-state index < -0.39 is 5.41 Å². The molecule has 0 aromatic carbocycles. The Hall–Kier alpha value is -1.20. The first-order chi connectivity index (χ1) is 10.2.